The van der Waals surface area contributed by atoms with Gasteiger partial charge < -0.3 is 10.6 Å². The van der Waals surface area contributed by atoms with Gasteiger partial charge in [0, 0.05) is 17.6 Å². The number of hydrogen-bond donors (Lipinski definition) is 2. The number of piperidine rings is 1. The summed E-state index contributed by atoms with van der Waals surface area (Å²) in [5.41, 5.74) is 5.51. The Hall–Kier alpha value is -0.520. The van der Waals surface area contributed by atoms with Gasteiger partial charge in [-0.2, -0.15) is 5.10 Å². The highest BCUT2D eigenvalue weighted by molar-refractivity contribution is 7.80. The lowest BCUT2D eigenvalue weighted by Crippen LogP contribution is -2.35. The van der Waals surface area contributed by atoms with Crippen molar-refractivity contribution in [1.29, 1.82) is 0 Å². The lowest BCUT2D eigenvalue weighted by atomic mass is 9.96. The number of hydrogen-bond acceptors (Lipinski definition) is 4. The topological polar surface area (TPSA) is 47.1 Å². The van der Waals surface area contributed by atoms with Gasteiger partial charge in [-0.1, -0.05) is 19.3 Å². The van der Waals surface area contributed by atoms with Crippen LogP contribution < -0.4 is 5.73 Å². The molecule has 1 aromatic rings. The van der Waals surface area contributed by atoms with E-state index in [-0.39, 0.29) is 0 Å². The van der Waals surface area contributed by atoms with E-state index in [1.807, 2.05) is 17.1 Å². The van der Waals surface area contributed by atoms with Gasteiger partial charge in [-0.05, 0) is 57.8 Å². The highest BCUT2D eigenvalue weighted by atomic mass is 32.1. The second-order valence-electron chi connectivity index (χ2n) is 6.26. The second-order valence-corrected chi connectivity index (χ2v) is 6.78. The Morgan fingerprint density at radius 2 is 1.86 bits per heavy atom. The third kappa shape index (κ3) is 6.41. The predicted molar refractivity (Wildman–Crippen MR) is 90.8 cm³/mol. The third-order valence-corrected chi connectivity index (χ3v) is 4.68. The van der Waals surface area contributed by atoms with Crippen molar-refractivity contribution in [1.82, 2.24) is 14.7 Å². The maximum absolute atomic E-state index is 5.51. The summed E-state index contributed by atoms with van der Waals surface area (Å²) in [5.74, 6) is 0.776. The quantitative estimate of drug-likeness (QED) is 0.544. The van der Waals surface area contributed by atoms with Crippen LogP contribution in [0, 0.1) is 5.92 Å². The number of rotatable bonds is 9. The molecule has 0 saturated carbocycles. The van der Waals surface area contributed by atoms with Gasteiger partial charge in [0.25, 0.3) is 0 Å². The van der Waals surface area contributed by atoms with E-state index in [1.54, 1.807) is 0 Å². The van der Waals surface area contributed by atoms with Crippen molar-refractivity contribution in [3.8, 4) is 0 Å². The van der Waals surface area contributed by atoms with E-state index in [0.29, 0.717) is 0 Å². The summed E-state index contributed by atoms with van der Waals surface area (Å²) in [5, 5.41) is 4.33. The minimum atomic E-state index is 0.776. The largest absolute Gasteiger partial charge is 0.330 e. The molecule has 2 heterocycles. The van der Waals surface area contributed by atoms with Crippen LogP contribution in [0.1, 0.15) is 44.9 Å². The van der Waals surface area contributed by atoms with Crippen LogP contribution in [0.25, 0.3) is 0 Å². The average Bonchev–Trinajstić information content (AvgIpc) is 2.90. The van der Waals surface area contributed by atoms with Gasteiger partial charge in [-0.15, -0.1) is 12.6 Å². The summed E-state index contributed by atoms with van der Waals surface area (Å²) in [6.07, 6.45) is 13.0. The average molecular weight is 311 g/mol. The van der Waals surface area contributed by atoms with Crippen LogP contribution in [0.3, 0.4) is 0 Å². The van der Waals surface area contributed by atoms with Crippen LogP contribution in [-0.4, -0.2) is 40.9 Å². The van der Waals surface area contributed by atoms with E-state index in [0.717, 1.165) is 23.9 Å². The molecule has 4 nitrogen and oxygen atoms in total. The molecule has 2 N–H and O–H groups in total. The molecule has 0 amide bonds. The van der Waals surface area contributed by atoms with Crippen LogP contribution in [-0.2, 0) is 6.54 Å². The molecule has 2 rings (SSSR count). The van der Waals surface area contributed by atoms with Crippen LogP contribution in [0.4, 0.5) is 0 Å². The molecule has 0 aliphatic carbocycles. The molecule has 1 fully saturated rings. The van der Waals surface area contributed by atoms with Crippen LogP contribution in [0.15, 0.2) is 17.3 Å². The van der Waals surface area contributed by atoms with E-state index in [4.69, 9.17) is 5.73 Å². The highest BCUT2D eigenvalue weighted by Crippen LogP contribution is 2.20. The smallest absolute Gasteiger partial charge is 0.0623 e. The fourth-order valence-electron chi connectivity index (χ4n) is 3.12. The fraction of sp³-hybridized carbons (Fsp3) is 0.812. The zero-order chi connectivity index (χ0) is 14.9. The zero-order valence-corrected chi connectivity index (χ0v) is 14.0. The highest BCUT2D eigenvalue weighted by Gasteiger charge is 2.19. The third-order valence-electron chi connectivity index (χ3n) is 4.45. The second kappa shape index (κ2) is 9.49. The number of aromatic nitrogens is 2. The molecule has 0 spiro atoms. The Morgan fingerprint density at radius 1 is 1.14 bits per heavy atom. The van der Waals surface area contributed by atoms with E-state index in [1.165, 1.54) is 64.6 Å². The first kappa shape index (κ1) is 16.8. The minimum absolute atomic E-state index is 0.776. The standard InChI is InChI=1S/C16H30N4S/c17-8-4-2-1-3-5-9-19-10-6-15(7-11-19)13-20-14-16(21)12-18-20/h12,14-15,21H,1-11,13,17H2. The first-order valence-electron chi connectivity index (χ1n) is 8.42. The molecular formula is C16H30N4S. The van der Waals surface area contributed by atoms with Gasteiger partial charge >= 0.3 is 0 Å². The van der Waals surface area contributed by atoms with E-state index < -0.39 is 0 Å². The molecule has 5 heteroatoms. The lowest BCUT2D eigenvalue weighted by Gasteiger charge is -2.31. The molecule has 0 atom stereocenters. The molecule has 21 heavy (non-hydrogen) atoms. The minimum Gasteiger partial charge on any atom is -0.330 e. The Balaban J connectivity index is 1.54. The molecule has 1 aliphatic rings. The molecule has 0 unspecified atom stereocenters. The Kier molecular flexibility index (Phi) is 7.61. The lowest BCUT2D eigenvalue weighted by molar-refractivity contribution is 0.168. The van der Waals surface area contributed by atoms with Crippen LogP contribution in [0.5, 0.6) is 0 Å². The summed E-state index contributed by atoms with van der Waals surface area (Å²) >= 11 is 4.31. The summed E-state index contributed by atoms with van der Waals surface area (Å²) in [6.45, 7) is 5.68. The number of unbranched alkanes of at least 4 members (excludes halogenated alkanes) is 4. The normalized spacial score (nSPS) is 17.4. The van der Waals surface area contributed by atoms with Crippen LogP contribution >= 0.6 is 12.6 Å². The SMILES string of the molecule is NCCCCCCCN1CCC(Cn2cc(S)cn2)CC1. The van der Waals surface area contributed by atoms with Gasteiger partial charge in [-0.25, -0.2) is 0 Å². The summed E-state index contributed by atoms with van der Waals surface area (Å²) in [6, 6.07) is 0. The van der Waals surface area contributed by atoms with E-state index >= 15 is 0 Å². The zero-order valence-electron chi connectivity index (χ0n) is 13.1. The van der Waals surface area contributed by atoms with Crippen molar-refractivity contribution < 1.29 is 0 Å². The Labute approximate surface area is 134 Å². The van der Waals surface area contributed by atoms with E-state index in [2.05, 4.69) is 22.6 Å². The first-order chi connectivity index (χ1) is 10.3. The molecular weight excluding hydrogens is 280 g/mol. The maximum Gasteiger partial charge on any atom is 0.0623 e. The molecule has 120 valence electrons. The van der Waals surface area contributed by atoms with Crippen LogP contribution in [0.2, 0.25) is 0 Å². The molecule has 0 aromatic carbocycles. The first-order valence-corrected chi connectivity index (χ1v) is 8.86. The van der Waals surface area contributed by atoms with Crippen molar-refractivity contribution in [3.05, 3.63) is 12.4 Å². The van der Waals surface area contributed by atoms with Gasteiger partial charge in [0.15, 0.2) is 0 Å². The van der Waals surface area contributed by atoms with Gasteiger partial charge in [0.05, 0.1) is 6.20 Å². The number of nitrogens with zero attached hydrogens (tertiary/aromatic N) is 3. The maximum atomic E-state index is 5.51. The summed E-state index contributed by atoms with van der Waals surface area (Å²) in [7, 11) is 0. The fourth-order valence-corrected chi connectivity index (χ4v) is 3.30. The molecule has 1 aromatic heterocycles. The Bertz CT molecular complexity index is 385. The predicted octanol–water partition coefficient (Wildman–Crippen LogP) is 2.79. The monoisotopic (exact) mass is 310 g/mol. The molecule has 0 radical (unpaired) electrons. The van der Waals surface area contributed by atoms with Gasteiger partial charge in [0.1, 0.15) is 0 Å². The van der Waals surface area contributed by atoms with Crippen molar-refractivity contribution in [2.24, 2.45) is 11.7 Å². The van der Waals surface area contributed by atoms with Gasteiger partial charge in [0.2, 0.25) is 0 Å². The van der Waals surface area contributed by atoms with Crippen molar-refractivity contribution in [2.75, 3.05) is 26.2 Å². The van der Waals surface area contributed by atoms with E-state index in [9.17, 15) is 0 Å². The van der Waals surface area contributed by atoms with Crippen molar-refractivity contribution in [3.63, 3.8) is 0 Å². The Morgan fingerprint density at radius 3 is 2.52 bits per heavy atom. The number of thiol groups is 1. The molecule has 0 bridgehead atoms. The molecule has 1 aliphatic heterocycles. The van der Waals surface area contributed by atoms with Gasteiger partial charge in [-0.3, -0.25) is 4.68 Å². The molecule has 1 saturated heterocycles. The number of nitrogens with two attached hydrogens (primary N) is 1. The summed E-state index contributed by atoms with van der Waals surface area (Å²) < 4.78 is 2.04. The summed E-state index contributed by atoms with van der Waals surface area (Å²) in [4.78, 5) is 3.59. The van der Waals surface area contributed by atoms with Crippen molar-refractivity contribution in [2.45, 2.75) is 56.4 Å². The number of likely N-dealkylation sites (tertiary alicyclic amines) is 1. The van der Waals surface area contributed by atoms with Crippen molar-refractivity contribution >= 4 is 12.6 Å².